The standard InChI is InChI=1S/C15H16N2O3/c16-7-9-3-1-5-11(13(9)18)15(20)12-6-2-4-10(8-17)14(12)19/h1-6,18-19H,7-8,16-17H2. The fourth-order valence-electron chi connectivity index (χ4n) is 2.02. The third-order valence-corrected chi connectivity index (χ3v) is 3.17. The maximum Gasteiger partial charge on any atom is 0.200 e. The molecule has 0 spiro atoms. The Balaban J connectivity index is 2.52. The quantitative estimate of drug-likeness (QED) is 0.626. The third kappa shape index (κ3) is 2.36. The van der Waals surface area contributed by atoms with Gasteiger partial charge in [-0.2, -0.15) is 0 Å². The Morgan fingerprint density at radius 1 is 0.850 bits per heavy atom. The molecule has 0 saturated carbocycles. The fourth-order valence-corrected chi connectivity index (χ4v) is 2.02. The molecule has 2 aromatic rings. The van der Waals surface area contributed by atoms with Gasteiger partial charge in [0, 0.05) is 24.2 Å². The van der Waals surface area contributed by atoms with Crippen molar-refractivity contribution in [1.29, 1.82) is 0 Å². The van der Waals surface area contributed by atoms with Gasteiger partial charge in [0.1, 0.15) is 11.5 Å². The molecule has 0 fully saturated rings. The zero-order chi connectivity index (χ0) is 14.7. The number of para-hydroxylation sites is 2. The largest absolute Gasteiger partial charge is 0.507 e. The number of carbonyl (C=O) groups excluding carboxylic acids is 1. The Morgan fingerprint density at radius 2 is 1.25 bits per heavy atom. The summed E-state index contributed by atoms with van der Waals surface area (Å²) in [5.74, 6) is -0.777. The van der Waals surface area contributed by atoms with E-state index in [1.165, 1.54) is 12.1 Å². The minimum Gasteiger partial charge on any atom is -0.507 e. The predicted octanol–water partition coefficient (Wildman–Crippen LogP) is 1.25. The first-order valence-electron chi connectivity index (χ1n) is 6.16. The predicted molar refractivity (Wildman–Crippen MR) is 75.4 cm³/mol. The van der Waals surface area contributed by atoms with Crippen molar-refractivity contribution in [2.45, 2.75) is 13.1 Å². The summed E-state index contributed by atoms with van der Waals surface area (Å²) in [5.41, 5.74) is 12.2. The molecule has 0 aliphatic heterocycles. The first kappa shape index (κ1) is 14.0. The Kier molecular flexibility index (Phi) is 4.02. The highest BCUT2D eigenvalue weighted by molar-refractivity contribution is 6.12. The average molecular weight is 272 g/mol. The van der Waals surface area contributed by atoms with Gasteiger partial charge in [0.2, 0.25) is 0 Å². The second-order valence-corrected chi connectivity index (χ2v) is 4.36. The monoisotopic (exact) mass is 272 g/mol. The van der Waals surface area contributed by atoms with Gasteiger partial charge in [-0.1, -0.05) is 24.3 Å². The minimum absolute atomic E-state index is 0.109. The minimum atomic E-state index is -0.467. The second kappa shape index (κ2) is 5.73. The summed E-state index contributed by atoms with van der Waals surface area (Å²) in [4.78, 5) is 12.4. The van der Waals surface area contributed by atoms with Gasteiger partial charge in [0.15, 0.2) is 5.78 Å². The Hall–Kier alpha value is -2.37. The van der Waals surface area contributed by atoms with E-state index in [1.54, 1.807) is 24.3 Å². The van der Waals surface area contributed by atoms with Crippen LogP contribution < -0.4 is 11.5 Å². The van der Waals surface area contributed by atoms with Gasteiger partial charge in [-0.15, -0.1) is 0 Å². The van der Waals surface area contributed by atoms with Crippen molar-refractivity contribution in [3.63, 3.8) is 0 Å². The first-order chi connectivity index (χ1) is 9.60. The highest BCUT2D eigenvalue weighted by Crippen LogP contribution is 2.29. The van der Waals surface area contributed by atoms with Crippen molar-refractivity contribution in [1.82, 2.24) is 0 Å². The zero-order valence-electron chi connectivity index (χ0n) is 10.8. The lowest BCUT2D eigenvalue weighted by molar-refractivity contribution is 0.103. The molecule has 0 unspecified atom stereocenters. The number of nitrogens with two attached hydrogens (primary N) is 2. The highest BCUT2D eigenvalue weighted by Gasteiger charge is 2.19. The number of phenolic OH excluding ortho intramolecular Hbond substituents is 2. The summed E-state index contributed by atoms with van der Waals surface area (Å²) in [6.07, 6.45) is 0. The summed E-state index contributed by atoms with van der Waals surface area (Å²) in [6, 6.07) is 9.54. The smallest absolute Gasteiger partial charge is 0.200 e. The van der Waals surface area contributed by atoms with Gasteiger partial charge in [-0.25, -0.2) is 0 Å². The van der Waals surface area contributed by atoms with Crippen LogP contribution in [0.2, 0.25) is 0 Å². The maximum atomic E-state index is 12.4. The van der Waals surface area contributed by atoms with Crippen LogP contribution in [0.1, 0.15) is 27.0 Å². The molecular formula is C15H16N2O3. The molecule has 0 aliphatic rings. The van der Waals surface area contributed by atoms with Crippen molar-refractivity contribution in [2.24, 2.45) is 11.5 Å². The molecular weight excluding hydrogens is 256 g/mol. The van der Waals surface area contributed by atoms with E-state index in [1.807, 2.05) is 0 Å². The second-order valence-electron chi connectivity index (χ2n) is 4.36. The summed E-state index contributed by atoms with van der Waals surface area (Å²) >= 11 is 0. The molecule has 5 nitrogen and oxygen atoms in total. The van der Waals surface area contributed by atoms with E-state index in [-0.39, 0.29) is 35.7 Å². The molecule has 2 aromatic carbocycles. The van der Waals surface area contributed by atoms with Crippen molar-refractivity contribution in [3.05, 3.63) is 58.7 Å². The molecule has 6 N–H and O–H groups in total. The normalized spacial score (nSPS) is 10.5. The van der Waals surface area contributed by atoms with E-state index in [4.69, 9.17) is 11.5 Å². The van der Waals surface area contributed by atoms with Crippen molar-refractivity contribution >= 4 is 5.78 Å². The molecule has 20 heavy (non-hydrogen) atoms. The van der Waals surface area contributed by atoms with Crippen LogP contribution in [-0.4, -0.2) is 16.0 Å². The number of aromatic hydroxyl groups is 2. The molecule has 0 aliphatic carbocycles. The molecule has 104 valence electrons. The number of phenols is 2. The molecule has 0 amide bonds. The molecule has 0 aromatic heterocycles. The van der Waals surface area contributed by atoms with E-state index < -0.39 is 5.78 Å². The number of hydrogen-bond acceptors (Lipinski definition) is 5. The molecule has 0 radical (unpaired) electrons. The van der Waals surface area contributed by atoms with Gasteiger partial charge in [0.25, 0.3) is 0 Å². The Labute approximate surface area is 116 Å². The summed E-state index contributed by atoms with van der Waals surface area (Å²) in [6.45, 7) is 0.254. The van der Waals surface area contributed by atoms with Crippen LogP contribution in [0.25, 0.3) is 0 Å². The lowest BCUT2D eigenvalue weighted by atomic mass is 9.97. The molecule has 5 heteroatoms. The summed E-state index contributed by atoms with van der Waals surface area (Å²) < 4.78 is 0. The van der Waals surface area contributed by atoms with Crippen molar-refractivity contribution in [2.75, 3.05) is 0 Å². The van der Waals surface area contributed by atoms with Gasteiger partial charge < -0.3 is 21.7 Å². The molecule has 2 rings (SSSR count). The number of hydrogen-bond donors (Lipinski definition) is 4. The van der Waals surface area contributed by atoms with Gasteiger partial charge in [-0.3, -0.25) is 4.79 Å². The fraction of sp³-hybridized carbons (Fsp3) is 0.133. The van der Waals surface area contributed by atoms with Crippen LogP contribution in [0.4, 0.5) is 0 Å². The number of benzene rings is 2. The van der Waals surface area contributed by atoms with Gasteiger partial charge in [-0.05, 0) is 12.1 Å². The van der Waals surface area contributed by atoms with Crippen LogP contribution in [0.15, 0.2) is 36.4 Å². The van der Waals surface area contributed by atoms with E-state index in [0.717, 1.165) is 0 Å². The lowest BCUT2D eigenvalue weighted by Crippen LogP contribution is -2.07. The Bertz CT molecular complexity index is 598. The molecule has 0 saturated heterocycles. The average Bonchev–Trinajstić information content (AvgIpc) is 2.47. The first-order valence-corrected chi connectivity index (χ1v) is 6.16. The van der Waals surface area contributed by atoms with E-state index in [2.05, 4.69) is 0 Å². The maximum absolute atomic E-state index is 12.4. The van der Waals surface area contributed by atoms with Crippen molar-refractivity contribution < 1.29 is 15.0 Å². The number of rotatable bonds is 4. The van der Waals surface area contributed by atoms with Crippen LogP contribution in [0, 0.1) is 0 Å². The van der Waals surface area contributed by atoms with Crippen molar-refractivity contribution in [3.8, 4) is 11.5 Å². The summed E-state index contributed by atoms with van der Waals surface area (Å²) in [5, 5.41) is 20.1. The van der Waals surface area contributed by atoms with Crippen LogP contribution in [0.3, 0.4) is 0 Å². The van der Waals surface area contributed by atoms with Crippen LogP contribution >= 0.6 is 0 Å². The van der Waals surface area contributed by atoms with E-state index in [9.17, 15) is 15.0 Å². The molecule has 0 bridgehead atoms. The van der Waals surface area contributed by atoms with Crippen LogP contribution in [-0.2, 0) is 13.1 Å². The number of carbonyl (C=O) groups is 1. The lowest BCUT2D eigenvalue weighted by Gasteiger charge is -2.10. The SMILES string of the molecule is NCc1cccc(C(=O)c2cccc(CN)c2O)c1O. The molecule has 0 heterocycles. The molecule has 0 atom stereocenters. The topological polar surface area (TPSA) is 110 Å². The summed E-state index contributed by atoms with van der Waals surface area (Å²) in [7, 11) is 0. The van der Waals surface area contributed by atoms with Gasteiger partial charge >= 0.3 is 0 Å². The highest BCUT2D eigenvalue weighted by atomic mass is 16.3. The van der Waals surface area contributed by atoms with E-state index >= 15 is 0 Å². The zero-order valence-corrected chi connectivity index (χ0v) is 10.8. The third-order valence-electron chi connectivity index (χ3n) is 3.17. The Morgan fingerprint density at radius 3 is 1.60 bits per heavy atom. The van der Waals surface area contributed by atoms with Crippen LogP contribution in [0.5, 0.6) is 11.5 Å². The van der Waals surface area contributed by atoms with Gasteiger partial charge in [0.05, 0.1) is 11.1 Å². The van der Waals surface area contributed by atoms with E-state index in [0.29, 0.717) is 11.1 Å². The number of ketones is 1.